The summed E-state index contributed by atoms with van der Waals surface area (Å²) in [6.07, 6.45) is 6.75. The molecule has 3 aliphatic heterocycles. The first kappa shape index (κ1) is 46.4. The molecule has 3 saturated heterocycles. The van der Waals surface area contributed by atoms with Gasteiger partial charge in [-0.1, -0.05) is 6.92 Å². The molecule has 3 aromatic heterocycles. The van der Waals surface area contributed by atoms with E-state index >= 15 is 4.39 Å². The number of halogens is 3. The number of fused-ring (bicyclic) bond motifs is 2. The lowest BCUT2D eigenvalue weighted by Gasteiger charge is -2.43. The molecule has 352 valence electrons. The largest absolute Gasteiger partial charge is 0.494 e. The van der Waals surface area contributed by atoms with Crippen LogP contribution in [0.2, 0.25) is 0 Å². The number of oxazole rings is 1. The van der Waals surface area contributed by atoms with E-state index in [0.29, 0.717) is 67.6 Å². The number of nitrogens with one attached hydrogen (secondary N) is 3. The number of amides is 2. The molecule has 6 heterocycles. The molecule has 3 N–H and O–H groups in total. The third kappa shape index (κ3) is 9.69. The zero-order valence-corrected chi connectivity index (χ0v) is 40.2. The fourth-order valence-electron chi connectivity index (χ4n) is 9.69. The Bertz CT molecular complexity index is 3000. The van der Waals surface area contributed by atoms with Crippen LogP contribution in [-0.4, -0.2) is 113 Å². The van der Waals surface area contributed by atoms with Crippen LogP contribution in [0.25, 0.3) is 22.0 Å². The van der Waals surface area contributed by atoms with E-state index in [1.54, 1.807) is 45.0 Å². The van der Waals surface area contributed by atoms with Crippen molar-refractivity contribution in [2.24, 2.45) is 0 Å². The van der Waals surface area contributed by atoms with Gasteiger partial charge in [0.2, 0.25) is 17.8 Å². The van der Waals surface area contributed by atoms with Crippen molar-refractivity contribution in [3.63, 3.8) is 0 Å². The molecule has 20 heteroatoms. The van der Waals surface area contributed by atoms with Crippen molar-refractivity contribution in [3.8, 4) is 5.75 Å². The van der Waals surface area contributed by atoms with Gasteiger partial charge >= 0.3 is 5.76 Å². The van der Waals surface area contributed by atoms with Crippen LogP contribution in [0.1, 0.15) is 49.8 Å². The molecule has 9 rings (SSSR count). The number of nitrogens with zero attached hydrogens (tertiary/aromatic N) is 7. The number of piperidine rings is 2. The molecular weight excluding hydrogens is 949 g/mol. The Kier molecular flexibility index (Phi) is 13.2. The Morgan fingerprint density at radius 1 is 0.940 bits per heavy atom. The summed E-state index contributed by atoms with van der Waals surface area (Å²) in [4.78, 5) is 58.0. The maximum Gasteiger partial charge on any atom is 0.420 e. The van der Waals surface area contributed by atoms with Crippen LogP contribution in [0.15, 0.2) is 68.5 Å². The number of carbonyl (C=O) groups is 2. The molecule has 16 nitrogen and oxygen atoms in total. The maximum absolute atomic E-state index is 15.5. The predicted molar refractivity (Wildman–Crippen MR) is 258 cm³/mol. The minimum atomic E-state index is -2.86. The van der Waals surface area contributed by atoms with Crippen molar-refractivity contribution in [2.45, 2.75) is 57.5 Å². The van der Waals surface area contributed by atoms with Gasteiger partial charge < -0.3 is 34.2 Å². The number of methoxy groups -OCH3 is 1. The number of hydrogen-bond donors (Lipinski definition) is 3. The van der Waals surface area contributed by atoms with Gasteiger partial charge in [-0.25, -0.2) is 18.6 Å². The highest BCUT2D eigenvalue weighted by Gasteiger charge is 2.33. The van der Waals surface area contributed by atoms with Crippen LogP contribution >= 0.6 is 23.1 Å². The fourth-order valence-corrected chi connectivity index (χ4v) is 11.4. The van der Waals surface area contributed by atoms with Gasteiger partial charge in [-0.2, -0.15) is 4.98 Å². The Morgan fingerprint density at radius 2 is 1.72 bits per heavy atom. The molecular formula is C47H52BrF2N10O6P. The van der Waals surface area contributed by atoms with E-state index in [1.807, 2.05) is 0 Å². The van der Waals surface area contributed by atoms with Crippen molar-refractivity contribution in [1.82, 2.24) is 34.6 Å². The molecule has 67 heavy (non-hydrogen) atoms. The molecule has 0 saturated carbocycles. The summed E-state index contributed by atoms with van der Waals surface area (Å²) >= 11 is 3.56. The monoisotopic (exact) mass is 1000 g/mol. The number of piperazine rings is 1. The van der Waals surface area contributed by atoms with E-state index in [9.17, 15) is 23.3 Å². The van der Waals surface area contributed by atoms with E-state index in [4.69, 9.17) is 14.1 Å². The summed E-state index contributed by atoms with van der Waals surface area (Å²) in [6.45, 7) is 11.7. The quantitative estimate of drug-likeness (QED) is 0.0789. The van der Waals surface area contributed by atoms with Crippen LogP contribution in [0.5, 0.6) is 5.75 Å². The number of aromatic nitrogens is 4. The van der Waals surface area contributed by atoms with E-state index in [1.165, 1.54) is 18.2 Å². The Hall–Kier alpha value is -5.75. The lowest BCUT2D eigenvalue weighted by molar-refractivity contribution is -0.135. The molecule has 3 aromatic carbocycles. The third-order valence-corrected chi connectivity index (χ3v) is 15.2. The van der Waals surface area contributed by atoms with Gasteiger partial charge in [-0.3, -0.25) is 29.4 Å². The average molecular weight is 1000 g/mol. The van der Waals surface area contributed by atoms with E-state index in [2.05, 4.69) is 75.6 Å². The number of ether oxygens (including phenoxy) is 1. The summed E-state index contributed by atoms with van der Waals surface area (Å²) in [5.74, 6) is -1.53. The number of anilines is 5. The predicted octanol–water partition coefficient (Wildman–Crippen LogP) is 7.09. The number of benzene rings is 3. The lowest BCUT2D eigenvalue weighted by Crippen LogP contribution is -2.53. The number of imide groups is 1. The van der Waals surface area contributed by atoms with Crippen molar-refractivity contribution in [2.75, 3.05) is 81.8 Å². The third-order valence-electron chi connectivity index (χ3n) is 13.1. The van der Waals surface area contributed by atoms with Gasteiger partial charge in [0.15, 0.2) is 11.4 Å². The first-order valence-electron chi connectivity index (χ1n) is 22.5. The normalized spacial score (nSPS) is 17.9. The summed E-state index contributed by atoms with van der Waals surface area (Å²) in [7, 11) is -1.22. The van der Waals surface area contributed by atoms with Gasteiger partial charge in [0.05, 0.1) is 34.7 Å². The van der Waals surface area contributed by atoms with Crippen LogP contribution in [0.4, 0.5) is 37.6 Å². The number of rotatable bonds is 13. The van der Waals surface area contributed by atoms with Gasteiger partial charge in [0.1, 0.15) is 36.1 Å². The van der Waals surface area contributed by atoms with Crippen molar-refractivity contribution in [3.05, 3.63) is 92.6 Å². The summed E-state index contributed by atoms with van der Waals surface area (Å²) in [5.41, 5.74) is 4.66. The van der Waals surface area contributed by atoms with Gasteiger partial charge in [-0.15, -0.1) is 0 Å². The van der Waals surface area contributed by atoms with Crippen LogP contribution in [0, 0.1) is 11.6 Å². The zero-order valence-electron chi connectivity index (χ0n) is 37.7. The summed E-state index contributed by atoms with van der Waals surface area (Å²) in [6, 6.07) is 11.0. The SMILES string of the molecule is CCc1cc(Nc2ncc(Br)c(Nc3cnc4cc(F)ccc4c3P(C)(C)=O)n2)c(OC)cc1N1CCC(N2CCN(CCc3cc(F)c4c(c3)oc(=O)n4C3CCC(=O)NC3=O)CC2)CC1. The van der Waals surface area contributed by atoms with E-state index in [0.717, 1.165) is 80.9 Å². The van der Waals surface area contributed by atoms with Crippen molar-refractivity contribution in [1.29, 1.82) is 0 Å². The minimum Gasteiger partial charge on any atom is -0.494 e. The highest BCUT2D eigenvalue weighted by atomic mass is 79.9. The zero-order chi connectivity index (χ0) is 47.1. The van der Waals surface area contributed by atoms with Crippen molar-refractivity contribution < 1.29 is 32.1 Å². The fraction of sp³-hybridized carbons (Fsp3) is 0.404. The second-order valence-electron chi connectivity index (χ2n) is 17.7. The summed E-state index contributed by atoms with van der Waals surface area (Å²) in [5, 5.41) is 10.0. The highest BCUT2D eigenvalue weighted by Crippen LogP contribution is 2.42. The van der Waals surface area contributed by atoms with Gasteiger partial charge in [-0.05, 0) is 103 Å². The summed E-state index contributed by atoms with van der Waals surface area (Å²) < 4.78 is 56.0. The van der Waals surface area contributed by atoms with E-state index in [-0.39, 0.29) is 23.9 Å². The number of aryl methyl sites for hydroxylation is 1. The molecule has 0 radical (unpaired) electrons. The smallest absolute Gasteiger partial charge is 0.420 e. The lowest BCUT2D eigenvalue weighted by atomic mass is 9.99. The van der Waals surface area contributed by atoms with Gasteiger partial charge in [0, 0.05) is 93.0 Å². The number of carbonyl (C=O) groups excluding carboxylic acids is 2. The number of hydrogen-bond acceptors (Lipinski definition) is 14. The standard InChI is InChI=1S/C47H52BrF2N10O6P/c1-5-28-22-35(54-46-52-25-32(48)44(56-46)53-36-26-51-34-23-29(49)6-7-31(34)43(36)67(3,4)64)39(65-2)24-38(28)59-14-11-30(12-15-59)58-18-16-57(17-19-58)13-10-27-20-33(50)42-40(21-27)66-47(63)60(42)37-8-9-41(61)55-45(37)62/h6-7,20-26,30,37H,5,8-19H2,1-4H3,(H,55,61,62)(H2,52,53,54,56). The molecule has 3 fully saturated rings. The Labute approximate surface area is 394 Å². The molecule has 6 aromatic rings. The van der Waals surface area contributed by atoms with Crippen molar-refractivity contribution >= 4 is 91.0 Å². The van der Waals surface area contributed by atoms with Crippen LogP contribution < -0.4 is 36.6 Å². The van der Waals surface area contributed by atoms with Gasteiger partial charge in [0.25, 0.3) is 0 Å². The maximum atomic E-state index is 15.5. The van der Waals surface area contributed by atoms with E-state index < -0.39 is 42.4 Å². The molecule has 3 aliphatic rings. The molecule has 0 spiro atoms. The molecule has 0 bridgehead atoms. The second-order valence-corrected chi connectivity index (χ2v) is 21.7. The van der Waals surface area contributed by atoms with Crippen LogP contribution in [0.3, 0.4) is 0 Å². The molecule has 1 unspecified atom stereocenters. The highest BCUT2D eigenvalue weighted by molar-refractivity contribution is 9.10. The minimum absolute atomic E-state index is 0.0568. The molecule has 2 amide bonds. The topological polar surface area (TPSA) is 180 Å². The van der Waals surface area contributed by atoms with Crippen LogP contribution in [-0.2, 0) is 27.0 Å². The second kappa shape index (κ2) is 19.1. The Balaban J connectivity index is 0.807. The Morgan fingerprint density at radius 3 is 2.43 bits per heavy atom. The molecule has 1 atom stereocenters. The number of pyridine rings is 1. The first-order chi connectivity index (χ1) is 32.2. The average Bonchev–Trinajstić information content (AvgIpc) is 3.64. The molecule has 0 aliphatic carbocycles. The first-order valence-corrected chi connectivity index (χ1v) is 25.9.